The van der Waals surface area contributed by atoms with Gasteiger partial charge in [-0.15, -0.1) is 0 Å². The first kappa shape index (κ1) is 15.5. The van der Waals surface area contributed by atoms with Crippen LogP contribution in [0.4, 0.5) is 0 Å². The van der Waals surface area contributed by atoms with E-state index in [0.29, 0.717) is 26.3 Å². The quantitative estimate of drug-likeness (QED) is 0.758. The maximum atomic E-state index is 12.3. The summed E-state index contributed by atoms with van der Waals surface area (Å²) in [7, 11) is 0. The van der Waals surface area contributed by atoms with Crippen molar-refractivity contribution in [3.63, 3.8) is 0 Å². The lowest BCUT2D eigenvalue weighted by Gasteiger charge is -2.39. The Morgan fingerprint density at radius 1 is 1.43 bits per heavy atom. The number of oxazole rings is 1. The van der Waals surface area contributed by atoms with Crippen LogP contribution in [0.15, 0.2) is 10.7 Å². The van der Waals surface area contributed by atoms with Gasteiger partial charge in [-0.25, -0.2) is 4.98 Å². The highest BCUT2D eigenvalue weighted by molar-refractivity contribution is 5.90. The number of carbonyl (C=O) groups is 2. The van der Waals surface area contributed by atoms with Gasteiger partial charge < -0.3 is 20.2 Å². The van der Waals surface area contributed by atoms with Crippen molar-refractivity contribution >= 4 is 11.8 Å². The first-order chi connectivity index (χ1) is 9.91. The predicted octanol–water partition coefficient (Wildman–Crippen LogP) is -0.499. The fourth-order valence-corrected chi connectivity index (χ4v) is 2.14. The van der Waals surface area contributed by atoms with Gasteiger partial charge in [-0.3, -0.25) is 14.5 Å². The number of ether oxygens (including phenoxy) is 1. The number of nitrogens with two attached hydrogens (primary N) is 1. The van der Waals surface area contributed by atoms with E-state index in [-0.39, 0.29) is 24.0 Å². The molecule has 116 valence electrons. The van der Waals surface area contributed by atoms with Crippen molar-refractivity contribution in [3.8, 4) is 0 Å². The van der Waals surface area contributed by atoms with Gasteiger partial charge in [0.15, 0.2) is 5.69 Å². The molecule has 1 aromatic rings. The summed E-state index contributed by atoms with van der Waals surface area (Å²) < 4.78 is 10.4. The van der Waals surface area contributed by atoms with Crippen LogP contribution in [-0.2, 0) is 16.1 Å². The van der Waals surface area contributed by atoms with E-state index in [2.05, 4.69) is 15.2 Å². The molecule has 2 heterocycles. The zero-order valence-electron chi connectivity index (χ0n) is 12.2. The molecule has 2 amide bonds. The van der Waals surface area contributed by atoms with Gasteiger partial charge in [0.25, 0.3) is 5.91 Å². The topological polar surface area (TPSA) is 111 Å². The van der Waals surface area contributed by atoms with E-state index in [9.17, 15) is 9.59 Å². The minimum Gasteiger partial charge on any atom is -0.446 e. The number of nitrogens with one attached hydrogen (secondary N) is 1. The molecule has 0 aliphatic carbocycles. The molecule has 1 aliphatic rings. The molecule has 1 saturated heterocycles. The molecular formula is C13H20N4O4. The highest BCUT2D eigenvalue weighted by Gasteiger charge is 2.35. The minimum atomic E-state index is -0.662. The number of hydrogen-bond acceptors (Lipinski definition) is 6. The van der Waals surface area contributed by atoms with Gasteiger partial charge in [-0.2, -0.15) is 0 Å². The molecule has 0 unspecified atom stereocenters. The Kier molecular flexibility index (Phi) is 4.59. The van der Waals surface area contributed by atoms with Crippen LogP contribution < -0.4 is 11.1 Å². The first-order valence-electron chi connectivity index (χ1n) is 6.76. The molecule has 0 spiro atoms. The minimum absolute atomic E-state index is 0.0479. The normalized spacial score (nSPS) is 16.7. The average molecular weight is 296 g/mol. The van der Waals surface area contributed by atoms with E-state index < -0.39 is 11.4 Å². The lowest BCUT2D eigenvalue weighted by atomic mass is 10.0. The molecule has 0 atom stereocenters. The van der Waals surface area contributed by atoms with Crippen molar-refractivity contribution in [1.82, 2.24) is 15.2 Å². The van der Waals surface area contributed by atoms with E-state index in [1.54, 1.807) is 0 Å². The van der Waals surface area contributed by atoms with E-state index in [1.807, 2.05) is 13.8 Å². The van der Waals surface area contributed by atoms with Gasteiger partial charge in [0.1, 0.15) is 6.26 Å². The second-order valence-corrected chi connectivity index (χ2v) is 5.33. The Labute approximate surface area is 122 Å². The van der Waals surface area contributed by atoms with Crippen molar-refractivity contribution in [1.29, 1.82) is 0 Å². The van der Waals surface area contributed by atoms with Crippen molar-refractivity contribution in [2.75, 3.05) is 26.3 Å². The molecule has 0 bridgehead atoms. The van der Waals surface area contributed by atoms with Crippen LogP contribution in [0.3, 0.4) is 0 Å². The van der Waals surface area contributed by atoms with Gasteiger partial charge in [0.2, 0.25) is 11.8 Å². The number of amides is 2. The predicted molar refractivity (Wildman–Crippen MR) is 73.3 cm³/mol. The van der Waals surface area contributed by atoms with Gasteiger partial charge in [0, 0.05) is 13.1 Å². The molecule has 1 aliphatic heterocycles. The largest absolute Gasteiger partial charge is 0.446 e. The van der Waals surface area contributed by atoms with Crippen LogP contribution in [-0.4, -0.2) is 53.5 Å². The summed E-state index contributed by atoms with van der Waals surface area (Å²) in [5.74, 6) is -0.553. The number of morpholine rings is 1. The van der Waals surface area contributed by atoms with Gasteiger partial charge >= 0.3 is 0 Å². The van der Waals surface area contributed by atoms with E-state index in [1.165, 1.54) is 6.26 Å². The zero-order valence-corrected chi connectivity index (χ0v) is 12.2. The lowest BCUT2D eigenvalue weighted by molar-refractivity contribution is -0.134. The van der Waals surface area contributed by atoms with Crippen LogP contribution in [0.5, 0.6) is 0 Å². The van der Waals surface area contributed by atoms with Gasteiger partial charge in [-0.05, 0) is 13.8 Å². The van der Waals surface area contributed by atoms with E-state index >= 15 is 0 Å². The summed E-state index contributed by atoms with van der Waals surface area (Å²) in [5.41, 5.74) is 4.48. The van der Waals surface area contributed by atoms with Crippen LogP contribution in [0.2, 0.25) is 0 Å². The number of aromatic nitrogens is 1. The Balaban J connectivity index is 1.91. The Bertz CT molecular complexity index is 520. The molecule has 0 radical (unpaired) electrons. The number of rotatable bonds is 5. The third kappa shape index (κ3) is 3.59. The van der Waals surface area contributed by atoms with Crippen LogP contribution >= 0.6 is 0 Å². The summed E-state index contributed by atoms with van der Waals surface area (Å²) in [6, 6.07) is 0. The van der Waals surface area contributed by atoms with E-state index in [0.717, 1.165) is 0 Å². The lowest BCUT2D eigenvalue weighted by Crippen LogP contribution is -2.57. The third-order valence-electron chi connectivity index (χ3n) is 3.56. The highest BCUT2D eigenvalue weighted by atomic mass is 16.5. The maximum absolute atomic E-state index is 12.3. The molecule has 2 rings (SSSR count). The Morgan fingerprint density at radius 3 is 2.67 bits per heavy atom. The summed E-state index contributed by atoms with van der Waals surface area (Å²) in [6.07, 6.45) is 1.18. The van der Waals surface area contributed by atoms with Crippen molar-refractivity contribution in [2.24, 2.45) is 5.73 Å². The van der Waals surface area contributed by atoms with E-state index in [4.69, 9.17) is 14.9 Å². The fraction of sp³-hybridized carbons (Fsp3) is 0.615. The average Bonchev–Trinajstić information content (AvgIpc) is 2.94. The fourth-order valence-electron chi connectivity index (χ4n) is 2.14. The smallest absolute Gasteiger partial charge is 0.270 e. The first-order valence-corrected chi connectivity index (χ1v) is 6.76. The Morgan fingerprint density at radius 2 is 2.10 bits per heavy atom. The molecule has 8 heteroatoms. The number of primary amides is 1. The molecule has 1 aromatic heterocycles. The van der Waals surface area contributed by atoms with Crippen molar-refractivity contribution in [2.45, 2.75) is 25.9 Å². The zero-order chi connectivity index (χ0) is 15.5. The number of hydrogen-bond donors (Lipinski definition) is 2. The Hall–Kier alpha value is -1.93. The molecule has 0 aromatic carbocycles. The van der Waals surface area contributed by atoms with Crippen molar-refractivity contribution in [3.05, 3.63) is 17.8 Å². The summed E-state index contributed by atoms with van der Waals surface area (Å²) >= 11 is 0. The monoisotopic (exact) mass is 296 g/mol. The van der Waals surface area contributed by atoms with Crippen LogP contribution in [0.25, 0.3) is 0 Å². The summed E-state index contributed by atoms with van der Waals surface area (Å²) in [6.45, 7) is 6.50. The number of carbonyl (C=O) groups excluding carboxylic acids is 2. The molecule has 0 saturated carbocycles. The summed E-state index contributed by atoms with van der Waals surface area (Å²) in [5, 5.41) is 2.76. The number of nitrogens with zero attached hydrogens (tertiary/aromatic N) is 2. The van der Waals surface area contributed by atoms with Crippen LogP contribution in [0, 0.1) is 0 Å². The summed E-state index contributed by atoms with van der Waals surface area (Å²) in [4.78, 5) is 29.2. The van der Waals surface area contributed by atoms with Gasteiger partial charge in [-0.1, -0.05) is 0 Å². The second kappa shape index (κ2) is 6.23. The maximum Gasteiger partial charge on any atom is 0.270 e. The molecule has 3 N–H and O–H groups in total. The third-order valence-corrected chi connectivity index (χ3v) is 3.56. The molecule has 1 fully saturated rings. The SMILES string of the molecule is CC(C)(C(=O)NCc1nc(C(N)=O)co1)N1CCOCC1. The second-order valence-electron chi connectivity index (χ2n) is 5.33. The van der Waals surface area contributed by atoms with Crippen LogP contribution in [0.1, 0.15) is 30.2 Å². The van der Waals surface area contributed by atoms with Crippen molar-refractivity contribution < 1.29 is 18.7 Å². The van der Waals surface area contributed by atoms with Gasteiger partial charge in [0.05, 0.1) is 25.3 Å². The standard InChI is InChI=1S/C13H20N4O4/c1-13(2,17-3-5-20-6-4-17)12(19)15-7-10-16-9(8-21-10)11(14)18/h8H,3-7H2,1-2H3,(H2,14,18)(H,15,19). The molecular weight excluding hydrogens is 276 g/mol. The molecule has 21 heavy (non-hydrogen) atoms. The molecule has 8 nitrogen and oxygen atoms in total. The highest BCUT2D eigenvalue weighted by Crippen LogP contribution is 2.16.